The molecule has 240 valence electrons. The van der Waals surface area contributed by atoms with E-state index in [0.29, 0.717) is 0 Å². The molecule has 3 heterocycles. The Balaban J connectivity index is 1.06. The van der Waals surface area contributed by atoms with Crippen molar-refractivity contribution in [2.75, 3.05) is 0 Å². The monoisotopic (exact) mass is 661 g/mol. The van der Waals surface area contributed by atoms with Crippen molar-refractivity contribution >= 4 is 64.7 Å². The molecule has 6 aromatic carbocycles. The van der Waals surface area contributed by atoms with E-state index in [0.717, 1.165) is 34.7 Å². The molecule has 0 aliphatic carbocycles. The van der Waals surface area contributed by atoms with E-state index in [1.165, 1.54) is 53.1 Å². The smallest absolute Gasteiger partial charge is 0.145 e. The fourth-order valence-corrected chi connectivity index (χ4v) is 8.50. The predicted molar refractivity (Wildman–Crippen MR) is 215 cm³/mol. The molecule has 1 aliphatic rings. The van der Waals surface area contributed by atoms with E-state index in [1.807, 2.05) is 11.3 Å². The van der Waals surface area contributed by atoms with Crippen molar-refractivity contribution in [1.29, 1.82) is 0 Å². The number of nitrogens with zero attached hydrogens (tertiary/aromatic N) is 2. The minimum absolute atomic E-state index is 0.157. The summed E-state index contributed by atoms with van der Waals surface area (Å²) in [5.74, 6) is 0. The summed E-state index contributed by atoms with van der Waals surface area (Å²) in [6.45, 7) is 2.13. The van der Waals surface area contributed by atoms with Gasteiger partial charge in [-0.2, -0.15) is 0 Å². The van der Waals surface area contributed by atoms with Crippen LogP contribution < -0.4 is 5.32 Å². The van der Waals surface area contributed by atoms with Crippen LogP contribution in [0, 0.1) is 0 Å². The molecule has 4 heteroatoms. The van der Waals surface area contributed by atoms with Gasteiger partial charge >= 0.3 is 0 Å². The second-order valence-corrected chi connectivity index (χ2v) is 13.7. The van der Waals surface area contributed by atoms with Gasteiger partial charge in [-0.05, 0) is 59.5 Å². The lowest BCUT2D eigenvalue weighted by atomic mass is 10.00. The predicted octanol–water partition coefficient (Wildman–Crippen LogP) is 12.3. The molecular weight excluding hydrogens is 627 g/mol. The summed E-state index contributed by atoms with van der Waals surface area (Å²) >= 11 is 1.89. The highest BCUT2D eigenvalue weighted by Gasteiger charge is 2.19. The molecular formula is C46H35N3S. The average molecular weight is 662 g/mol. The number of benzene rings is 6. The lowest BCUT2D eigenvalue weighted by Gasteiger charge is -2.24. The first-order valence-corrected chi connectivity index (χ1v) is 18.0. The second kappa shape index (κ2) is 12.8. The van der Waals surface area contributed by atoms with Crippen molar-refractivity contribution in [2.24, 2.45) is 4.99 Å². The van der Waals surface area contributed by atoms with Crippen molar-refractivity contribution in [3.8, 4) is 11.1 Å². The molecule has 0 saturated carbocycles. The van der Waals surface area contributed by atoms with Crippen LogP contribution in [-0.2, 0) is 0 Å². The van der Waals surface area contributed by atoms with Gasteiger partial charge in [0.05, 0.1) is 16.7 Å². The topological polar surface area (TPSA) is 29.3 Å². The van der Waals surface area contributed by atoms with Gasteiger partial charge in [-0.25, -0.2) is 0 Å². The number of rotatable bonds is 7. The Morgan fingerprint density at radius 3 is 2.16 bits per heavy atom. The quantitative estimate of drug-likeness (QED) is 0.169. The van der Waals surface area contributed by atoms with Crippen LogP contribution in [0.1, 0.15) is 30.6 Å². The normalized spacial score (nSPS) is 15.2. The van der Waals surface area contributed by atoms with Crippen LogP contribution in [0.5, 0.6) is 0 Å². The highest BCUT2D eigenvalue weighted by molar-refractivity contribution is 7.26. The van der Waals surface area contributed by atoms with Crippen molar-refractivity contribution < 1.29 is 0 Å². The summed E-state index contributed by atoms with van der Waals surface area (Å²) in [6, 6.07) is 51.9. The zero-order chi connectivity index (χ0) is 33.4. The Labute approximate surface area is 295 Å². The first kappa shape index (κ1) is 30.1. The molecule has 1 N–H and O–H groups in total. The number of fused-ring (bicyclic) bond motifs is 7. The van der Waals surface area contributed by atoms with Crippen LogP contribution in [0.25, 0.3) is 58.8 Å². The fraction of sp³-hybridized carbons (Fsp3) is 0.0652. The van der Waals surface area contributed by atoms with Gasteiger partial charge in [0.1, 0.15) is 6.17 Å². The van der Waals surface area contributed by atoms with E-state index in [4.69, 9.17) is 4.99 Å². The largest absolute Gasteiger partial charge is 0.363 e. The molecule has 9 rings (SSSR count). The van der Waals surface area contributed by atoms with Gasteiger partial charge in [0.25, 0.3) is 0 Å². The highest BCUT2D eigenvalue weighted by Crippen LogP contribution is 2.43. The maximum atomic E-state index is 5.17. The van der Waals surface area contributed by atoms with Gasteiger partial charge in [-0.1, -0.05) is 140 Å². The van der Waals surface area contributed by atoms with Gasteiger partial charge in [-0.3, -0.25) is 4.99 Å². The molecule has 1 aliphatic heterocycles. The summed E-state index contributed by atoms with van der Waals surface area (Å²) < 4.78 is 5.10. The molecule has 0 bridgehead atoms. The Hall–Kier alpha value is -5.97. The summed E-state index contributed by atoms with van der Waals surface area (Å²) in [5.41, 5.74) is 10.4. The van der Waals surface area contributed by atoms with Crippen molar-refractivity contribution in [2.45, 2.75) is 19.5 Å². The summed E-state index contributed by atoms with van der Waals surface area (Å²) in [5, 5.41) is 8.99. The number of nitrogens with one attached hydrogen (secondary N) is 1. The van der Waals surface area contributed by atoms with Crippen molar-refractivity contribution in [3.63, 3.8) is 0 Å². The van der Waals surface area contributed by atoms with E-state index in [1.54, 1.807) is 0 Å². The number of para-hydroxylation sites is 1. The van der Waals surface area contributed by atoms with Crippen LogP contribution in [0.15, 0.2) is 181 Å². The Bertz CT molecular complexity index is 2640. The van der Waals surface area contributed by atoms with E-state index in [9.17, 15) is 0 Å². The molecule has 1 unspecified atom stereocenters. The Kier molecular flexibility index (Phi) is 7.72. The van der Waals surface area contributed by atoms with Crippen LogP contribution in [0.4, 0.5) is 0 Å². The molecule has 0 spiro atoms. The SMILES string of the molecule is C/C=C(\C=C/CC1=CC(c2ccc(-c3ccccc3)cc2)=NC(c2ccccc2)N1)n1c2ccccc2c2c3sc4ccccc4c3ccc21. The lowest BCUT2D eigenvalue weighted by Crippen LogP contribution is -2.25. The third-order valence-corrected chi connectivity index (χ3v) is 10.9. The number of aromatic nitrogens is 1. The van der Waals surface area contributed by atoms with Gasteiger partial charge < -0.3 is 9.88 Å². The molecule has 8 aromatic rings. The van der Waals surface area contributed by atoms with Crippen LogP contribution in [-0.4, -0.2) is 10.3 Å². The van der Waals surface area contributed by atoms with E-state index in [-0.39, 0.29) is 6.17 Å². The standard InChI is InChI=1S/C46H35N3S/c1-2-36(49-41-22-11-9-21-39(41)44-42(49)29-28-38-37-20-10-12-23-43(37)50-45(38)44)19-13-18-35-30-40(48-46(47-35)34-16-7-4-8-17-34)33-26-24-32(25-27-33)31-14-5-3-6-15-31/h2-17,19-30,46-47H,18H2,1H3/b19-13-,36-2+. The van der Waals surface area contributed by atoms with Gasteiger partial charge in [0, 0.05) is 48.8 Å². The van der Waals surface area contributed by atoms with Crippen LogP contribution in [0.3, 0.4) is 0 Å². The zero-order valence-electron chi connectivity index (χ0n) is 27.8. The van der Waals surface area contributed by atoms with Crippen LogP contribution in [0.2, 0.25) is 0 Å². The summed E-state index contributed by atoms with van der Waals surface area (Å²) in [4.78, 5) is 5.17. The van der Waals surface area contributed by atoms with Gasteiger partial charge in [0.15, 0.2) is 0 Å². The molecule has 2 aromatic heterocycles. The fourth-order valence-electron chi connectivity index (χ4n) is 7.24. The molecule has 1 atom stereocenters. The number of hydrogen-bond acceptors (Lipinski definition) is 3. The number of hydrogen-bond donors (Lipinski definition) is 1. The third-order valence-electron chi connectivity index (χ3n) is 9.66. The molecule has 50 heavy (non-hydrogen) atoms. The maximum Gasteiger partial charge on any atom is 0.145 e. The van der Waals surface area contributed by atoms with E-state index in [2.05, 4.69) is 187 Å². The van der Waals surface area contributed by atoms with Crippen molar-refractivity contribution in [3.05, 3.63) is 187 Å². The first-order chi connectivity index (χ1) is 24.7. The van der Waals surface area contributed by atoms with Gasteiger partial charge in [-0.15, -0.1) is 11.3 Å². The molecule has 0 fully saturated rings. The third kappa shape index (κ3) is 5.35. The Morgan fingerprint density at radius 1 is 0.680 bits per heavy atom. The number of aliphatic imine (C=N–C) groups is 1. The Morgan fingerprint density at radius 2 is 1.36 bits per heavy atom. The maximum absolute atomic E-state index is 5.17. The summed E-state index contributed by atoms with van der Waals surface area (Å²) in [6.07, 6.45) is 9.55. The zero-order valence-corrected chi connectivity index (χ0v) is 28.6. The molecule has 0 radical (unpaired) electrons. The highest BCUT2D eigenvalue weighted by atomic mass is 32.1. The van der Waals surface area contributed by atoms with Crippen molar-refractivity contribution in [1.82, 2.24) is 9.88 Å². The molecule has 0 amide bonds. The minimum atomic E-state index is -0.157. The molecule has 0 saturated heterocycles. The van der Waals surface area contributed by atoms with E-state index < -0.39 is 0 Å². The average Bonchev–Trinajstić information content (AvgIpc) is 3.73. The molecule has 3 nitrogen and oxygen atoms in total. The second-order valence-electron chi connectivity index (χ2n) is 12.7. The number of allylic oxidation sites excluding steroid dienone is 5. The minimum Gasteiger partial charge on any atom is -0.363 e. The van der Waals surface area contributed by atoms with Gasteiger partial charge in [0.2, 0.25) is 0 Å². The van der Waals surface area contributed by atoms with Crippen LogP contribution >= 0.6 is 11.3 Å². The first-order valence-electron chi connectivity index (χ1n) is 17.2. The number of thiophene rings is 1. The summed E-state index contributed by atoms with van der Waals surface area (Å²) in [7, 11) is 0. The van der Waals surface area contributed by atoms with E-state index >= 15 is 0 Å². The lowest BCUT2D eigenvalue weighted by molar-refractivity contribution is 0.610.